The van der Waals surface area contributed by atoms with E-state index in [0.717, 1.165) is 38.5 Å². The van der Waals surface area contributed by atoms with Crippen LogP contribution in [0.5, 0.6) is 0 Å². The lowest BCUT2D eigenvalue weighted by Gasteiger charge is -2.34. The van der Waals surface area contributed by atoms with Crippen LogP contribution in [0.15, 0.2) is 18.3 Å². The van der Waals surface area contributed by atoms with Crippen LogP contribution in [0.25, 0.3) is 0 Å². The molecule has 1 aromatic heterocycles. The molecule has 0 unspecified atom stereocenters. The average Bonchev–Trinajstić information content (AvgIpc) is 2.47. The van der Waals surface area contributed by atoms with E-state index in [2.05, 4.69) is 22.1 Å². The highest BCUT2D eigenvalue weighted by Gasteiger charge is 2.21. The van der Waals surface area contributed by atoms with Crippen LogP contribution in [0, 0.1) is 0 Å². The fourth-order valence-corrected chi connectivity index (χ4v) is 2.12. The summed E-state index contributed by atoms with van der Waals surface area (Å²) >= 11 is 0. The molecule has 98 valence electrons. The zero-order valence-corrected chi connectivity index (χ0v) is 11.0. The van der Waals surface area contributed by atoms with Gasteiger partial charge in [-0.25, -0.2) is 4.98 Å². The van der Waals surface area contributed by atoms with Crippen LogP contribution in [0.1, 0.15) is 17.3 Å². The second-order valence-corrected chi connectivity index (χ2v) is 4.41. The van der Waals surface area contributed by atoms with Crippen molar-refractivity contribution >= 4 is 11.7 Å². The maximum atomic E-state index is 12.2. The van der Waals surface area contributed by atoms with Crippen molar-refractivity contribution in [2.24, 2.45) is 0 Å². The minimum Gasteiger partial charge on any atom is -0.373 e. The molecule has 0 bridgehead atoms. The van der Waals surface area contributed by atoms with Gasteiger partial charge < -0.3 is 15.1 Å². The monoisotopic (exact) mass is 248 g/mol. The smallest absolute Gasteiger partial charge is 0.255 e. The maximum Gasteiger partial charge on any atom is 0.255 e. The van der Waals surface area contributed by atoms with E-state index in [1.807, 2.05) is 24.1 Å². The normalized spacial score (nSPS) is 16.7. The second-order valence-electron chi connectivity index (χ2n) is 4.41. The zero-order valence-electron chi connectivity index (χ0n) is 11.0. The molecule has 1 aliphatic heterocycles. The molecule has 1 aliphatic rings. The van der Waals surface area contributed by atoms with Crippen molar-refractivity contribution in [3.63, 3.8) is 0 Å². The maximum absolute atomic E-state index is 12.2. The Bertz CT molecular complexity index is 396. The number of anilines is 1. The number of piperazine rings is 1. The zero-order chi connectivity index (χ0) is 13.0. The molecule has 1 saturated heterocycles. The SMILES string of the molecule is CCN1CCN(C(=O)c2ccc(NC)nc2)CC1. The molecular weight excluding hydrogens is 228 g/mol. The molecule has 0 atom stereocenters. The summed E-state index contributed by atoms with van der Waals surface area (Å²) in [7, 11) is 1.81. The van der Waals surface area contributed by atoms with Crippen molar-refractivity contribution < 1.29 is 4.79 Å². The summed E-state index contributed by atoms with van der Waals surface area (Å²) in [5.41, 5.74) is 0.666. The van der Waals surface area contributed by atoms with Gasteiger partial charge in [-0.15, -0.1) is 0 Å². The first-order chi connectivity index (χ1) is 8.74. The largest absolute Gasteiger partial charge is 0.373 e. The molecule has 18 heavy (non-hydrogen) atoms. The third-order valence-corrected chi connectivity index (χ3v) is 3.37. The van der Waals surface area contributed by atoms with E-state index in [0.29, 0.717) is 5.56 Å². The van der Waals surface area contributed by atoms with Crippen molar-refractivity contribution in [1.82, 2.24) is 14.8 Å². The second kappa shape index (κ2) is 5.82. The third-order valence-electron chi connectivity index (χ3n) is 3.37. The Morgan fingerprint density at radius 3 is 2.56 bits per heavy atom. The number of likely N-dealkylation sites (N-methyl/N-ethyl adjacent to an activating group) is 1. The minimum atomic E-state index is 0.0842. The van der Waals surface area contributed by atoms with Gasteiger partial charge in [-0.3, -0.25) is 4.79 Å². The highest BCUT2D eigenvalue weighted by Crippen LogP contribution is 2.10. The third kappa shape index (κ3) is 2.79. The predicted molar refractivity (Wildman–Crippen MR) is 71.8 cm³/mol. The summed E-state index contributed by atoms with van der Waals surface area (Å²) in [6.07, 6.45) is 1.64. The van der Waals surface area contributed by atoms with Crippen molar-refractivity contribution in [2.75, 3.05) is 45.1 Å². The molecule has 5 heteroatoms. The summed E-state index contributed by atoms with van der Waals surface area (Å²) in [5.74, 6) is 0.864. The van der Waals surface area contributed by atoms with E-state index in [1.54, 1.807) is 6.20 Å². The summed E-state index contributed by atoms with van der Waals surface area (Å²) in [5, 5.41) is 2.94. The van der Waals surface area contributed by atoms with Crippen LogP contribution < -0.4 is 5.32 Å². The molecule has 0 radical (unpaired) electrons. The fraction of sp³-hybridized carbons (Fsp3) is 0.538. The molecule has 1 amide bonds. The number of carbonyl (C=O) groups excluding carboxylic acids is 1. The summed E-state index contributed by atoms with van der Waals surface area (Å²) in [4.78, 5) is 20.7. The number of rotatable bonds is 3. The molecular formula is C13H20N4O. The van der Waals surface area contributed by atoms with Gasteiger partial charge in [-0.1, -0.05) is 6.92 Å². The molecule has 1 fully saturated rings. The van der Waals surface area contributed by atoms with Gasteiger partial charge in [-0.05, 0) is 18.7 Å². The van der Waals surface area contributed by atoms with Gasteiger partial charge in [-0.2, -0.15) is 0 Å². The van der Waals surface area contributed by atoms with Crippen molar-refractivity contribution in [2.45, 2.75) is 6.92 Å². The lowest BCUT2D eigenvalue weighted by Crippen LogP contribution is -2.48. The van der Waals surface area contributed by atoms with Gasteiger partial charge in [0.25, 0.3) is 5.91 Å². The standard InChI is InChI=1S/C13H20N4O/c1-3-16-6-8-17(9-7-16)13(18)11-4-5-12(14-2)15-10-11/h4-5,10H,3,6-9H2,1-2H3,(H,14,15). The number of aromatic nitrogens is 1. The number of nitrogens with one attached hydrogen (secondary N) is 1. The predicted octanol–water partition coefficient (Wildman–Crippen LogP) is 0.901. The lowest BCUT2D eigenvalue weighted by atomic mass is 10.2. The summed E-state index contributed by atoms with van der Waals surface area (Å²) < 4.78 is 0. The topological polar surface area (TPSA) is 48.5 Å². The number of amides is 1. The fourth-order valence-electron chi connectivity index (χ4n) is 2.12. The van der Waals surface area contributed by atoms with E-state index in [-0.39, 0.29) is 5.91 Å². The first-order valence-corrected chi connectivity index (χ1v) is 6.40. The molecule has 0 saturated carbocycles. The molecule has 1 N–H and O–H groups in total. The Morgan fingerprint density at radius 1 is 1.33 bits per heavy atom. The number of hydrogen-bond acceptors (Lipinski definition) is 4. The van der Waals surface area contributed by atoms with Crippen LogP contribution in [-0.2, 0) is 0 Å². The molecule has 2 heterocycles. The van der Waals surface area contributed by atoms with Crippen LogP contribution in [0.2, 0.25) is 0 Å². The van der Waals surface area contributed by atoms with Crippen molar-refractivity contribution in [1.29, 1.82) is 0 Å². The van der Waals surface area contributed by atoms with Crippen LogP contribution in [-0.4, -0.2) is 60.5 Å². The Morgan fingerprint density at radius 2 is 2.06 bits per heavy atom. The van der Waals surface area contributed by atoms with Gasteiger partial charge in [0.1, 0.15) is 5.82 Å². The van der Waals surface area contributed by atoms with Crippen LogP contribution in [0.3, 0.4) is 0 Å². The van der Waals surface area contributed by atoms with Gasteiger partial charge in [0.05, 0.1) is 5.56 Å². The van der Waals surface area contributed by atoms with Gasteiger partial charge in [0, 0.05) is 39.4 Å². The minimum absolute atomic E-state index is 0.0842. The molecule has 1 aromatic rings. The van der Waals surface area contributed by atoms with Gasteiger partial charge in [0.15, 0.2) is 0 Å². The molecule has 0 aliphatic carbocycles. The van der Waals surface area contributed by atoms with E-state index in [9.17, 15) is 4.79 Å². The van der Waals surface area contributed by atoms with E-state index in [1.165, 1.54) is 0 Å². The van der Waals surface area contributed by atoms with Gasteiger partial charge in [0.2, 0.25) is 0 Å². The Kier molecular flexibility index (Phi) is 4.15. The number of hydrogen-bond donors (Lipinski definition) is 1. The number of nitrogens with zero attached hydrogens (tertiary/aromatic N) is 3. The lowest BCUT2D eigenvalue weighted by molar-refractivity contribution is 0.0643. The summed E-state index contributed by atoms with van der Waals surface area (Å²) in [6, 6.07) is 3.66. The van der Waals surface area contributed by atoms with E-state index >= 15 is 0 Å². The molecule has 0 spiro atoms. The Labute approximate surface area is 108 Å². The molecule has 0 aromatic carbocycles. The first kappa shape index (κ1) is 12.8. The van der Waals surface area contributed by atoms with E-state index < -0.39 is 0 Å². The average molecular weight is 248 g/mol. The number of pyridine rings is 1. The van der Waals surface area contributed by atoms with Crippen LogP contribution in [0.4, 0.5) is 5.82 Å². The van der Waals surface area contributed by atoms with Crippen LogP contribution >= 0.6 is 0 Å². The quantitative estimate of drug-likeness (QED) is 0.863. The molecule has 5 nitrogen and oxygen atoms in total. The van der Waals surface area contributed by atoms with E-state index in [4.69, 9.17) is 0 Å². The van der Waals surface area contributed by atoms with Crippen molar-refractivity contribution in [3.05, 3.63) is 23.9 Å². The van der Waals surface area contributed by atoms with Crippen molar-refractivity contribution in [3.8, 4) is 0 Å². The summed E-state index contributed by atoms with van der Waals surface area (Å²) in [6.45, 7) is 6.74. The molecule has 2 rings (SSSR count). The highest BCUT2D eigenvalue weighted by molar-refractivity contribution is 5.94. The highest BCUT2D eigenvalue weighted by atomic mass is 16.2. The Hall–Kier alpha value is -1.62. The number of carbonyl (C=O) groups is 1. The first-order valence-electron chi connectivity index (χ1n) is 6.40. The van der Waals surface area contributed by atoms with Gasteiger partial charge >= 0.3 is 0 Å². The Balaban J connectivity index is 1.98.